The Kier molecular flexibility index (Phi) is 4.12. The summed E-state index contributed by atoms with van der Waals surface area (Å²) in [5.74, 6) is -0.0293. The number of anilines is 1. The van der Waals surface area contributed by atoms with Gasteiger partial charge in [-0.2, -0.15) is 0 Å². The Labute approximate surface area is 108 Å². The predicted molar refractivity (Wildman–Crippen MR) is 68.3 cm³/mol. The fourth-order valence-corrected chi connectivity index (χ4v) is 2.29. The summed E-state index contributed by atoms with van der Waals surface area (Å²) in [6.45, 7) is 1.86. The number of hydrogen-bond donors (Lipinski definition) is 2. The maximum atomic E-state index is 13.0. The second-order valence-corrected chi connectivity index (χ2v) is 5.09. The first-order valence-corrected chi connectivity index (χ1v) is 6.40. The number of carbonyl (C=O) groups is 1. The number of rotatable bonds is 3. The van der Waals surface area contributed by atoms with Gasteiger partial charge in [0.1, 0.15) is 5.82 Å². The van der Waals surface area contributed by atoms with Crippen molar-refractivity contribution in [2.45, 2.75) is 12.8 Å². The summed E-state index contributed by atoms with van der Waals surface area (Å²) in [7, 11) is 0. The van der Waals surface area contributed by atoms with Crippen LogP contribution < -0.4 is 10.6 Å². The van der Waals surface area contributed by atoms with Gasteiger partial charge in [0.05, 0.1) is 5.69 Å². The quantitative estimate of drug-likeness (QED) is 0.901. The molecule has 1 aliphatic heterocycles. The monoisotopic (exact) mass is 300 g/mol. The molecule has 17 heavy (non-hydrogen) atoms. The summed E-state index contributed by atoms with van der Waals surface area (Å²) >= 11 is 3.28. The topological polar surface area (TPSA) is 41.1 Å². The van der Waals surface area contributed by atoms with Crippen molar-refractivity contribution in [3.63, 3.8) is 0 Å². The van der Waals surface area contributed by atoms with Crippen LogP contribution in [0.5, 0.6) is 0 Å². The van der Waals surface area contributed by atoms with Gasteiger partial charge in [-0.3, -0.25) is 4.79 Å². The Morgan fingerprint density at radius 2 is 2.41 bits per heavy atom. The van der Waals surface area contributed by atoms with E-state index in [0.29, 0.717) is 22.5 Å². The van der Waals surface area contributed by atoms with E-state index in [0.717, 1.165) is 19.5 Å². The SMILES string of the molecule is O=C(CC1CCNC1)Nc1cc(F)ccc1Br. The van der Waals surface area contributed by atoms with Crippen LogP contribution in [0.25, 0.3) is 0 Å². The maximum Gasteiger partial charge on any atom is 0.224 e. The minimum atomic E-state index is -0.356. The molecule has 2 N–H and O–H groups in total. The fraction of sp³-hybridized carbons (Fsp3) is 0.417. The highest BCUT2D eigenvalue weighted by atomic mass is 79.9. The number of amides is 1. The number of nitrogens with one attached hydrogen (secondary N) is 2. The highest BCUT2D eigenvalue weighted by molar-refractivity contribution is 9.10. The number of hydrogen-bond acceptors (Lipinski definition) is 2. The van der Waals surface area contributed by atoms with Crippen molar-refractivity contribution in [3.8, 4) is 0 Å². The molecule has 1 saturated heterocycles. The summed E-state index contributed by atoms with van der Waals surface area (Å²) in [4.78, 5) is 11.7. The molecule has 1 aliphatic rings. The van der Waals surface area contributed by atoms with Crippen molar-refractivity contribution in [2.75, 3.05) is 18.4 Å². The molecule has 1 amide bonds. The van der Waals surface area contributed by atoms with Crippen molar-refractivity contribution in [3.05, 3.63) is 28.5 Å². The van der Waals surface area contributed by atoms with Gasteiger partial charge in [-0.1, -0.05) is 0 Å². The molecule has 0 bridgehead atoms. The Balaban J connectivity index is 1.95. The molecular weight excluding hydrogens is 287 g/mol. The van der Waals surface area contributed by atoms with Crippen molar-refractivity contribution in [2.24, 2.45) is 5.92 Å². The van der Waals surface area contributed by atoms with Gasteiger partial charge in [-0.05, 0) is 59.6 Å². The first-order chi connectivity index (χ1) is 8.15. The van der Waals surface area contributed by atoms with E-state index >= 15 is 0 Å². The van der Waals surface area contributed by atoms with Gasteiger partial charge in [-0.15, -0.1) is 0 Å². The smallest absolute Gasteiger partial charge is 0.224 e. The molecule has 0 aromatic heterocycles. The average Bonchev–Trinajstić information content (AvgIpc) is 2.76. The van der Waals surface area contributed by atoms with E-state index in [1.165, 1.54) is 12.1 Å². The second kappa shape index (κ2) is 5.60. The summed E-state index contributed by atoms with van der Waals surface area (Å²) in [5.41, 5.74) is 0.487. The molecule has 2 rings (SSSR count). The van der Waals surface area contributed by atoms with Crippen LogP contribution in [0.1, 0.15) is 12.8 Å². The highest BCUT2D eigenvalue weighted by Gasteiger charge is 2.18. The van der Waals surface area contributed by atoms with Crippen LogP contribution in [0.15, 0.2) is 22.7 Å². The summed E-state index contributed by atoms with van der Waals surface area (Å²) < 4.78 is 13.7. The predicted octanol–water partition coefficient (Wildman–Crippen LogP) is 2.53. The van der Waals surface area contributed by atoms with Gasteiger partial charge in [0, 0.05) is 10.9 Å². The standard InChI is InChI=1S/C12H14BrFN2O/c13-10-2-1-9(14)6-11(10)16-12(17)5-8-3-4-15-7-8/h1-2,6,8,15H,3-5,7H2,(H,16,17). The lowest BCUT2D eigenvalue weighted by Gasteiger charge is -2.10. The van der Waals surface area contributed by atoms with Gasteiger partial charge in [0.25, 0.3) is 0 Å². The zero-order chi connectivity index (χ0) is 12.3. The van der Waals surface area contributed by atoms with Crippen molar-refractivity contribution < 1.29 is 9.18 Å². The van der Waals surface area contributed by atoms with Gasteiger partial charge >= 0.3 is 0 Å². The molecule has 1 unspecified atom stereocenters. The molecule has 0 radical (unpaired) electrons. The molecule has 1 heterocycles. The minimum absolute atomic E-state index is 0.0648. The zero-order valence-electron chi connectivity index (χ0n) is 9.30. The van der Waals surface area contributed by atoms with Crippen LogP contribution in [-0.4, -0.2) is 19.0 Å². The maximum absolute atomic E-state index is 13.0. The first-order valence-electron chi connectivity index (χ1n) is 5.61. The van der Waals surface area contributed by atoms with Crippen LogP contribution in [0, 0.1) is 11.7 Å². The normalized spacial score (nSPS) is 19.3. The van der Waals surface area contributed by atoms with Crippen molar-refractivity contribution in [1.29, 1.82) is 0 Å². The Bertz CT molecular complexity index is 419. The third kappa shape index (κ3) is 3.51. The third-order valence-corrected chi connectivity index (χ3v) is 3.53. The average molecular weight is 301 g/mol. The molecule has 1 atom stereocenters. The fourth-order valence-electron chi connectivity index (χ4n) is 1.95. The Morgan fingerprint density at radius 3 is 3.12 bits per heavy atom. The van der Waals surface area contributed by atoms with Gasteiger partial charge in [0.2, 0.25) is 5.91 Å². The molecule has 92 valence electrons. The molecule has 1 fully saturated rings. The van der Waals surface area contributed by atoms with Crippen LogP contribution in [0.4, 0.5) is 10.1 Å². The van der Waals surface area contributed by atoms with Crippen molar-refractivity contribution in [1.82, 2.24) is 5.32 Å². The minimum Gasteiger partial charge on any atom is -0.325 e. The zero-order valence-corrected chi connectivity index (χ0v) is 10.9. The first kappa shape index (κ1) is 12.5. The molecule has 0 saturated carbocycles. The second-order valence-electron chi connectivity index (χ2n) is 4.24. The van der Waals surface area contributed by atoms with Crippen LogP contribution in [0.2, 0.25) is 0 Å². The van der Waals surface area contributed by atoms with Crippen LogP contribution in [0.3, 0.4) is 0 Å². The van der Waals surface area contributed by atoms with E-state index in [4.69, 9.17) is 0 Å². The molecule has 3 nitrogen and oxygen atoms in total. The largest absolute Gasteiger partial charge is 0.325 e. The van der Waals surface area contributed by atoms with Gasteiger partial charge in [0.15, 0.2) is 0 Å². The lowest BCUT2D eigenvalue weighted by Crippen LogP contribution is -2.18. The highest BCUT2D eigenvalue weighted by Crippen LogP contribution is 2.23. The number of benzene rings is 1. The molecule has 0 spiro atoms. The Morgan fingerprint density at radius 1 is 1.59 bits per heavy atom. The third-order valence-electron chi connectivity index (χ3n) is 2.84. The summed E-state index contributed by atoms with van der Waals surface area (Å²) in [6, 6.07) is 4.25. The van der Waals surface area contributed by atoms with Crippen LogP contribution >= 0.6 is 15.9 Å². The van der Waals surface area contributed by atoms with E-state index in [9.17, 15) is 9.18 Å². The van der Waals surface area contributed by atoms with Gasteiger partial charge in [-0.25, -0.2) is 4.39 Å². The summed E-state index contributed by atoms with van der Waals surface area (Å²) in [5, 5.41) is 5.94. The van der Waals surface area contributed by atoms with Crippen LogP contribution in [-0.2, 0) is 4.79 Å². The summed E-state index contributed by atoms with van der Waals surface area (Å²) in [6.07, 6.45) is 1.51. The lowest BCUT2D eigenvalue weighted by atomic mass is 10.0. The van der Waals surface area contributed by atoms with E-state index in [1.54, 1.807) is 6.07 Å². The van der Waals surface area contributed by atoms with E-state index in [1.807, 2.05) is 0 Å². The Hall–Kier alpha value is -0.940. The van der Waals surface area contributed by atoms with Crippen molar-refractivity contribution >= 4 is 27.5 Å². The van der Waals surface area contributed by atoms with E-state index in [-0.39, 0.29) is 11.7 Å². The van der Waals surface area contributed by atoms with E-state index < -0.39 is 0 Å². The number of carbonyl (C=O) groups excluding carboxylic acids is 1. The molecule has 5 heteroatoms. The van der Waals surface area contributed by atoms with Gasteiger partial charge < -0.3 is 10.6 Å². The molecule has 1 aromatic carbocycles. The molecular formula is C12H14BrFN2O. The molecule has 1 aromatic rings. The number of halogens is 2. The lowest BCUT2D eigenvalue weighted by molar-refractivity contribution is -0.116. The molecule has 0 aliphatic carbocycles. The van der Waals surface area contributed by atoms with E-state index in [2.05, 4.69) is 26.6 Å².